The zero-order valence-corrected chi connectivity index (χ0v) is 13.6. The van der Waals surface area contributed by atoms with Crippen molar-refractivity contribution in [3.8, 4) is 0 Å². The van der Waals surface area contributed by atoms with Gasteiger partial charge in [0.25, 0.3) is 5.91 Å². The van der Waals surface area contributed by atoms with Crippen LogP contribution in [0, 0.1) is 0 Å². The van der Waals surface area contributed by atoms with Gasteiger partial charge in [0.1, 0.15) is 0 Å². The average molecular weight is 349 g/mol. The smallest absolute Gasteiger partial charge is 0.251 e. The molecule has 118 valence electrons. The number of carbonyl (C=O) groups is 2. The molecule has 6 heteroatoms. The molecule has 1 aliphatic heterocycles. The standard InChI is InChI=1S/C17H14Cl2N2O2/c18-12-4-6-15(7-5-12)21-10-14(9-16(21)22)20-17(23)11-2-1-3-13(19)8-11/h1-8,14H,9-10H2,(H,20,23). The lowest BCUT2D eigenvalue weighted by Gasteiger charge is -2.17. The summed E-state index contributed by atoms with van der Waals surface area (Å²) < 4.78 is 0. The number of rotatable bonds is 3. The highest BCUT2D eigenvalue weighted by molar-refractivity contribution is 6.31. The van der Waals surface area contributed by atoms with E-state index in [1.807, 2.05) is 0 Å². The lowest BCUT2D eigenvalue weighted by molar-refractivity contribution is -0.117. The molecule has 0 spiro atoms. The van der Waals surface area contributed by atoms with Crippen LogP contribution in [-0.2, 0) is 4.79 Å². The van der Waals surface area contributed by atoms with E-state index in [2.05, 4.69) is 5.32 Å². The summed E-state index contributed by atoms with van der Waals surface area (Å²) in [5, 5.41) is 4.00. The minimum Gasteiger partial charge on any atom is -0.347 e. The number of anilines is 1. The molecule has 0 bridgehead atoms. The Morgan fingerprint density at radius 2 is 1.83 bits per heavy atom. The molecule has 3 rings (SSSR count). The van der Waals surface area contributed by atoms with E-state index >= 15 is 0 Å². The van der Waals surface area contributed by atoms with Gasteiger partial charge >= 0.3 is 0 Å². The Morgan fingerprint density at radius 1 is 1.09 bits per heavy atom. The summed E-state index contributed by atoms with van der Waals surface area (Å²) in [4.78, 5) is 26.0. The normalized spacial score (nSPS) is 17.4. The van der Waals surface area contributed by atoms with Crippen LogP contribution in [0.5, 0.6) is 0 Å². The number of hydrogen-bond acceptors (Lipinski definition) is 2. The number of nitrogens with zero attached hydrogens (tertiary/aromatic N) is 1. The molecule has 2 amide bonds. The summed E-state index contributed by atoms with van der Waals surface area (Å²) in [5.74, 6) is -0.257. The molecule has 1 atom stereocenters. The first-order valence-electron chi connectivity index (χ1n) is 7.15. The van der Waals surface area contributed by atoms with Crippen LogP contribution in [0.2, 0.25) is 10.0 Å². The molecule has 23 heavy (non-hydrogen) atoms. The second-order valence-corrected chi connectivity index (χ2v) is 6.24. The number of nitrogens with one attached hydrogen (secondary N) is 1. The van der Waals surface area contributed by atoms with Crippen molar-refractivity contribution in [2.75, 3.05) is 11.4 Å². The predicted molar refractivity (Wildman–Crippen MR) is 91.1 cm³/mol. The van der Waals surface area contributed by atoms with E-state index in [1.54, 1.807) is 53.4 Å². The van der Waals surface area contributed by atoms with Gasteiger partial charge in [-0.25, -0.2) is 0 Å². The zero-order valence-electron chi connectivity index (χ0n) is 12.1. The first kappa shape index (κ1) is 15.8. The quantitative estimate of drug-likeness (QED) is 0.922. The SMILES string of the molecule is O=C(NC1CC(=O)N(c2ccc(Cl)cc2)C1)c1cccc(Cl)c1. The van der Waals surface area contributed by atoms with E-state index < -0.39 is 0 Å². The Balaban J connectivity index is 1.68. The van der Waals surface area contributed by atoms with Crippen molar-refractivity contribution in [3.05, 3.63) is 64.1 Å². The van der Waals surface area contributed by atoms with Crippen molar-refractivity contribution in [2.24, 2.45) is 0 Å². The fourth-order valence-corrected chi connectivity index (χ4v) is 2.89. The molecule has 1 saturated heterocycles. The summed E-state index contributed by atoms with van der Waals surface area (Å²) in [6.45, 7) is 0.437. The largest absolute Gasteiger partial charge is 0.347 e. The fourth-order valence-electron chi connectivity index (χ4n) is 2.57. The Morgan fingerprint density at radius 3 is 2.52 bits per heavy atom. The highest BCUT2D eigenvalue weighted by atomic mass is 35.5. The summed E-state index contributed by atoms with van der Waals surface area (Å²) in [5.41, 5.74) is 1.26. The first-order chi connectivity index (χ1) is 11.0. The van der Waals surface area contributed by atoms with Crippen LogP contribution in [0.4, 0.5) is 5.69 Å². The second-order valence-electron chi connectivity index (χ2n) is 5.37. The van der Waals surface area contributed by atoms with Crippen LogP contribution in [0.25, 0.3) is 0 Å². The number of benzene rings is 2. The van der Waals surface area contributed by atoms with E-state index in [9.17, 15) is 9.59 Å². The molecule has 2 aromatic carbocycles. The zero-order chi connectivity index (χ0) is 16.4. The summed E-state index contributed by atoms with van der Waals surface area (Å²) >= 11 is 11.8. The van der Waals surface area contributed by atoms with Crippen LogP contribution >= 0.6 is 23.2 Å². The van der Waals surface area contributed by atoms with E-state index in [4.69, 9.17) is 23.2 Å². The molecule has 0 aromatic heterocycles. The van der Waals surface area contributed by atoms with Crippen molar-refractivity contribution < 1.29 is 9.59 Å². The minimum atomic E-state index is -0.233. The van der Waals surface area contributed by atoms with Gasteiger partial charge in [-0.3, -0.25) is 9.59 Å². The molecular weight excluding hydrogens is 335 g/mol. The maximum Gasteiger partial charge on any atom is 0.251 e. The van der Waals surface area contributed by atoms with Crippen molar-refractivity contribution in [1.29, 1.82) is 0 Å². The Hall–Kier alpha value is -2.04. The van der Waals surface area contributed by atoms with E-state index in [0.717, 1.165) is 5.69 Å². The Kier molecular flexibility index (Phi) is 4.55. The summed E-state index contributed by atoms with van der Waals surface area (Å²) in [7, 11) is 0. The number of carbonyl (C=O) groups excluding carboxylic acids is 2. The number of hydrogen-bond donors (Lipinski definition) is 1. The average Bonchev–Trinajstić information content (AvgIpc) is 2.88. The summed E-state index contributed by atoms with van der Waals surface area (Å²) in [6, 6.07) is 13.5. The van der Waals surface area contributed by atoms with Gasteiger partial charge in [-0.05, 0) is 42.5 Å². The fraction of sp³-hybridized carbons (Fsp3) is 0.176. The topological polar surface area (TPSA) is 49.4 Å². The van der Waals surface area contributed by atoms with Gasteiger partial charge in [-0.2, -0.15) is 0 Å². The van der Waals surface area contributed by atoms with Gasteiger partial charge in [0, 0.05) is 34.3 Å². The molecule has 1 aliphatic rings. The third kappa shape index (κ3) is 3.66. The monoisotopic (exact) mass is 348 g/mol. The van der Waals surface area contributed by atoms with Gasteiger partial charge in [-0.1, -0.05) is 29.3 Å². The maximum atomic E-state index is 12.2. The van der Waals surface area contributed by atoms with Gasteiger partial charge in [0.2, 0.25) is 5.91 Å². The van der Waals surface area contributed by atoms with Crippen LogP contribution in [-0.4, -0.2) is 24.4 Å². The Bertz CT molecular complexity index is 747. The van der Waals surface area contributed by atoms with Crippen molar-refractivity contribution in [1.82, 2.24) is 5.32 Å². The van der Waals surface area contributed by atoms with E-state index in [-0.39, 0.29) is 24.3 Å². The predicted octanol–water partition coefficient (Wildman–Crippen LogP) is 3.53. The van der Waals surface area contributed by atoms with Gasteiger partial charge < -0.3 is 10.2 Å². The van der Waals surface area contributed by atoms with Gasteiger partial charge in [0.15, 0.2) is 0 Å². The molecule has 2 aromatic rings. The molecule has 1 fully saturated rings. The third-order valence-electron chi connectivity index (χ3n) is 3.69. The summed E-state index contributed by atoms with van der Waals surface area (Å²) in [6.07, 6.45) is 0.273. The molecule has 4 nitrogen and oxygen atoms in total. The maximum absolute atomic E-state index is 12.2. The minimum absolute atomic E-state index is 0.0243. The molecule has 0 aliphatic carbocycles. The first-order valence-corrected chi connectivity index (χ1v) is 7.91. The molecule has 0 saturated carbocycles. The van der Waals surface area contributed by atoms with Gasteiger partial charge in [-0.15, -0.1) is 0 Å². The lowest BCUT2D eigenvalue weighted by Crippen LogP contribution is -2.37. The van der Waals surface area contributed by atoms with Crippen LogP contribution < -0.4 is 10.2 Å². The van der Waals surface area contributed by atoms with Crippen molar-refractivity contribution >= 4 is 40.7 Å². The highest BCUT2D eigenvalue weighted by Gasteiger charge is 2.31. The van der Waals surface area contributed by atoms with Crippen molar-refractivity contribution in [3.63, 3.8) is 0 Å². The lowest BCUT2D eigenvalue weighted by atomic mass is 10.2. The van der Waals surface area contributed by atoms with Crippen LogP contribution in [0.15, 0.2) is 48.5 Å². The molecule has 1 heterocycles. The van der Waals surface area contributed by atoms with Crippen LogP contribution in [0.1, 0.15) is 16.8 Å². The second kappa shape index (κ2) is 6.60. The van der Waals surface area contributed by atoms with Crippen molar-refractivity contribution in [2.45, 2.75) is 12.5 Å². The highest BCUT2D eigenvalue weighted by Crippen LogP contribution is 2.23. The Labute approximate surface area is 144 Å². The number of amides is 2. The van der Waals surface area contributed by atoms with E-state index in [1.165, 1.54) is 0 Å². The van der Waals surface area contributed by atoms with Crippen LogP contribution in [0.3, 0.4) is 0 Å². The number of halogens is 2. The molecule has 0 radical (unpaired) electrons. The molecule has 1 N–H and O–H groups in total. The third-order valence-corrected chi connectivity index (χ3v) is 4.17. The molecule has 1 unspecified atom stereocenters. The molecular formula is C17H14Cl2N2O2. The van der Waals surface area contributed by atoms with Gasteiger partial charge in [0.05, 0.1) is 6.04 Å². The van der Waals surface area contributed by atoms with E-state index in [0.29, 0.717) is 22.2 Å².